The summed E-state index contributed by atoms with van der Waals surface area (Å²) >= 11 is 0. The summed E-state index contributed by atoms with van der Waals surface area (Å²) in [6.45, 7) is 16.4. The lowest BCUT2D eigenvalue weighted by Gasteiger charge is -1.80. The summed E-state index contributed by atoms with van der Waals surface area (Å²) in [6.07, 6.45) is 9.76. The van der Waals surface area contributed by atoms with Crippen LogP contribution in [0.1, 0.15) is 61.8 Å². The van der Waals surface area contributed by atoms with Gasteiger partial charge in [0, 0.05) is 21.1 Å². The first-order chi connectivity index (χ1) is 8.78. The normalized spacial score (nSPS) is 14.0. The van der Waals surface area contributed by atoms with Gasteiger partial charge in [-0.3, -0.25) is 0 Å². The molecule has 0 aromatic carbocycles. The van der Waals surface area contributed by atoms with Crippen molar-refractivity contribution in [3.8, 4) is 0 Å². The topological polar surface area (TPSA) is 15.8 Å². The van der Waals surface area contributed by atoms with E-state index in [-0.39, 0.29) is 0 Å². The molecule has 1 heteroatoms. The Kier molecular flexibility index (Phi) is 13.0. The molecule has 0 aliphatic heterocycles. The molecule has 1 rings (SSSR count). The maximum absolute atomic E-state index is 3.41. The molecule has 0 spiro atoms. The first kappa shape index (κ1) is 19.1. The van der Waals surface area contributed by atoms with Crippen molar-refractivity contribution in [2.75, 3.05) is 0 Å². The third kappa shape index (κ3) is 4.95. The highest BCUT2D eigenvalue weighted by Gasteiger charge is 1.91. The van der Waals surface area contributed by atoms with Crippen LogP contribution in [-0.2, 0) is 0 Å². The van der Waals surface area contributed by atoms with E-state index >= 15 is 0 Å². The fourth-order valence-corrected chi connectivity index (χ4v) is 1.76. The van der Waals surface area contributed by atoms with Crippen molar-refractivity contribution in [2.24, 2.45) is 0 Å². The summed E-state index contributed by atoms with van der Waals surface area (Å²) in [7, 11) is 0. The molecule has 0 saturated carbocycles. The Morgan fingerprint density at radius 2 is 1.22 bits per heavy atom. The van der Waals surface area contributed by atoms with Crippen LogP contribution in [0.4, 0.5) is 0 Å². The highest BCUT2D eigenvalue weighted by Crippen LogP contribution is 1.70. The average Bonchev–Trinajstić information content (AvgIpc) is 2.80. The molecule has 0 aliphatic rings. The Morgan fingerprint density at radius 3 is 1.56 bits per heavy atom. The molecular weight excluding hydrogens is 218 g/mol. The first-order valence-corrected chi connectivity index (χ1v) is 7.25. The number of rotatable bonds is 1. The van der Waals surface area contributed by atoms with Gasteiger partial charge in [0.1, 0.15) is 0 Å². The Morgan fingerprint density at radius 1 is 0.778 bits per heavy atom. The van der Waals surface area contributed by atoms with E-state index in [1.54, 1.807) is 0 Å². The van der Waals surface area contributed by atoms with Gasteiger partial charge in [0.15, 0.2) is 0 Å². The molecule has 1 aromatic heterocycles. The Bertz CT molecular complexity index is 515. The van der Waals surface area contributed by atoms with Crippen LogP contribution in [0, 0.1) is 0 Å². The van der Waals surface area contributed by atoms with E-state index in [9.17, 15) is 0 Å². The fraction of sp³-hybridized carbons (Fsp3) is 0.529. The van der Waals surface area contributed by atoms with Crippen LogP contribution < -0.4 is 21.1 Å². The predicted molar refractivity (Wildman–Crippen MR) is 87.2 cm³/mol. The number of hydrogen-bond donors (Lipinski definition) is 1. The second kappa shape index (κ2) is 12.2. The molecular formula is C17H31N. The lowest BCUT2D eigenvalue weighted by Crippen LogP contribution is -2.37. The third-order valence-corrected chi connectivity index (χ3v) is 2.41. The molecule has 0 fully saturated rings. The quantitative estimate of drug-likeness (QED) is 0.787. The largest absolute Gasteiger partial charge is 0.355 e. The average molecular weight is 249 g/mol. The van der Waals surface area contributed by atoms with Crippen molar-refractivity contribution >= 4 is 24.3 Å². The number of H-pyrrole nitrogens is 1. The molecule has 1 nitrogen and oxygen atoms in total. The van der Waals surface area contributed by atoms with Crippen molar-refractivity contribution in [1.29, 1.82) is 0 Å². The van der Waals surface area contributed by atoms with Gasteiger partial charge in [0.05, 0.1) is 0 Å². The maximum Gasteiger partial charge on any atom is 0.0418 e. The van der Waals surface area contributed by atoms with E-state index in [0.717, 1.165) is 6.42 Å². The van der Waals surface area contributed by atoms with Gasteiger partial charge in [-0.2, -0.15) is 0 Å². The second-order valence-corrected chi connectivity index (χ2v) is 3.26. The van der Waals surface area contributed by atoms with Crippen molar-refractivity contribution in [3.63, 3.8) is 0 Å². The first-order valence-electron chi connectivity index (χ1n) is 7.25. The molecule has 0 amide bonds. The summed E-state index contributed by atoms with van der Waals surface area (Å²) < 4.78 is 0. The molecule has 1 aromatic rings. The minimum Gasteiger partial charge on any atom is -0.355 e. The van der Waals surface area contributed by atoms with Gasteiger partial charge in [-0.25, -0.2) is 0 Å². The van der Waals surface area contributed by atoms with Crippen LogP contribution in [0.25, 0.3) is 24.3 Å². The van der Waals surface area contributed by atoms with E-state index in [4.69, 9.17) is 0 Å². The zero-order valence-electron chi connectivity index (χ0n) is 13.5. The highest BCUT2D eigenvalue weighted by atomic mass is 14.7. The molecule has 1 N–H and O–H groups in total. The summed E-state index contributed by atoms with van der Waals surface area (Å²) in [6, 6.07) is 0. The Balaban J connectivity index is 0. The van der Waals surface area contributed by atoms with Crippen molar-refractivity contribution in [2.45, 2.75) is 61.8 Å². The predicted octanol–water partition coefficient (Wildman–Crippen LogP) is 2.66. The van der Waals surface area contributed by atoms with E-state index in [1.807, 2.05) is 27.7 Å². The van der Waals surface area contributed by atoms with E-state index in [1.165, 1.54) is 21.1 Å². The Hall–Kier alpha value is -1.24. The molecule has 1 heterocycles. The van der Waals surface area contributed by atoms with Crippen LogP contribution in [0.15, 0.2) is 0 Å². The van der Waals surface area contributed by atoms with Gasteiger partial charge in [-0.15, -0.1) is 0 Å². The molecule has 18 heavy (non-hydrogen) atoms. The van der Waals surface area contributed by atoms with Gasteiger partial charge in [0.2, 0.25) is 0 Å². The fourth-order valence-electron chi connectivity index (χ4n) is 1.76. The highest BCUT2D eigenvalue weighted by molar-refractivity contribution is 5.35. The SMILES string of the molecule is C/C=c1/c(=C/CC)/c(=C\C)[nH]/c1=C/C.CC.CC. The molecule has 0 unspecified atom stereocenters. The summed E-state index contributed by atoms with van der Waals surface area (Å²) in [5, 5.41) is 5.11. The number of nitrogens with one attached hydrogen (secondary N) is 1. The molecule has 0 aliphatic carbocycles. The zero-order valence-corrected chi connectivity index (χ0v) is 13.5. The van der Waals surface area contributed by atoms with Crippen LogP contribution in [0.5, 0.6) is 0 Å². The molecule has 0 bridgehead atoms. The smallest absolute Gasteiger partial charge is 0.0418 e. The van der Waals surface area contributed by atoms with Crippen molar-refractivity contribution in [1.82, 2.24) is 4.98 Å². The summed E-state index contributed by atoms with van der Waals surface area (Å²) in [4.78, 5) is 3.41. The van der Waals surface area contributed by atoms with Gasteiger partial charge in [0.25, 0.3) is 0 Å². The summed E-state index contributed by atoms with van der Waals surface area (Å²) in [5.74, 6) is 0. The minimum absolute atomic E-state index is 1.07. The van der Waals surface area contributed by atoms with E-state index in [2.05, 4.69) is 57.0 Å². The van der Waals surface area contributed by atoms with Crippen LogP contribution in [-0.4, -0.2) is 4.98 Å². The van der Waals surface area contributed by atoms with Gasteiger partial charge in [-0.1, -0.05) is 58.9 Å². The van der Waals surface area contributed by atoms with Crippen LogP contribution in [0.3, 0.4) is 0 Å². The van der Waals surface area contributed by atoms with Crippen LogP contribution in [0.2, 0.25) is 0 Å². The zero-order chi connectivity index (χ0) is 14.6. The van der Waals surface area contributed by atoms with Crippen LogP contribution >= 0.6 is 0 Å². The molecule has 0 atom stereocenters. The number of hydrogen-bond acceptors (Lipinski definition) is 0. The lowest BCUT2D eigenvalue weighted by molar-refractivity contribution is 1.24. The monoisotopic (exact) mass is 249 g/mol. The minimum atomic E-state index is 1.07. The number of aromatic amines is 1. The molecule has 0 radical (unpaired) electrons. The van der Waals surface area contributed by atoms with Gasteiger partial charge in [-0.05, 0) is 27.2 Å². The van der Waals surface area contributed by atoms with Crippen molar-refractivity contribution in [3.05, 3.63) is 21.1 Å². The second-order valence-electron chi connectivity index (χ2n) is 3.26. The Labute approximate surface area is 113 Å². The van der Waals surface area contributed by atoms with E-state index in [0.29, 0.717) is 0 Å². The van der Waals surface area contributed by atoms with Gasteiger partial charge >= 0.3 is 0 Å². The third-order valence-electron chi connectivity index (χ3n) is 2.41. The van der Waals surface area contributed by atoms with E-state index < -0.39 is 0 Å². The van der Waals surface area contributed by atoms with Crippen molar-refractivity contribution < 1.29 is 0 Å². The lowest BCUT2D eigenvalue weighted by atomic mass is 10.2. The van der Waals surface area contributed by atoms with Gasteiger partial charge < -0.3 is 4.98 Å². The molecule has 0 saturated heterocycles. The number of aromatic nitrogens is 1. The molecule has 104 valence electrons. The standard InChI is InChI=1S/C13H19N.2C2H6/c1-5-9-11-10(6-2)12(7-3)14-13(11)8-4;2*1-2/h6-9,14H,5H2,1-4H3;2*1-2H3/b10-6-,11-9-,12-7+,13-8+;;. The maximum atomic E-state index is 3.41. The summed E-state index contributed by atoms with van der Waals surface area (Å²) in [5.41, 5.74) is 0.